The highest BCUT2D eigenvalue weighted by molar-refractivity contribution is 6.06. The lowest BCUT2D eigenvalue weighted by molar-refractivity contribution is -0.133. The number of hydrogen-bond acceptors (Lipinski definition) is 6. The van der Waals surface area contributed by atoms with E-state index in [-0.39, 0.29) is 24.5 Å². The Morgan fingerprint density at radius 2 is 2.07 bits per heavy atom. The first kappa shape index (κ1) is 18.9. The zero-order valence-electron chi connectivity index (χ0n) is 16.5. The lowest BCUT2D eigenvalue weighted by Crippen LogP contribution is -2.50. The summed E-state index contributed by atoms with van der Waals surface area (Å²) in [7, 11) is 0. The van der Waals surface area contributed by atoms with Crippen LogP contribution in [-0.4, -0.2) is 52.7 Å². The summed E-state index contributed by atoms with van der Waals surface area (Å²) in [6, 6.07) is 1.88. The number of rotatable bonds is 4. The standard InChI is InChI=1S/C20H26N4O4/c1-20(2,3)9-14-16-12(8-13(11-4-5-11)22-18(16)28-23-14)19(26)24-6-7-27-15(10-24)17(21)25/h8,11,15H,4-7,9-10H2,1-3H3,(H2,21,25). The van der Waals surface area contributed by atoms with Gasteiger partial charge in [0.05, 0.1) is 29.8 Å². The van der Waals surface area contributed by atoms with E-state index < -0.39 is 12.0 Å². The molecule has 0 bridgehead atoms. The second-order valence-electron chi connectivity index (χ2n) is 8.93. The zero-order valence-corrected chi connectivity index (χ0v) is 16.5. The quantitative estimate of drug-likeness (QED) is 0.860. The molecule has 0 aromatic carbocycles. The molecule has 1 aliphatic heterocycles. The van der Waals surface area contributed by atoms with Crippen LogP contribution in [-0.2, 0) is 16.0 Å². The van der Waals surface area contributed by atoms with Crippen LogP contribution in [0, 0.1) is 5.41 Å². The summed E-state index contributed by atoms with van der Waals surface area (Å²) < 4.78 is 10.9. The maximum atomic E-state index is 13.4. The summed E-state index contributed by atoms with van der Waals surface area (Å²) in [6.45, 7) is 7.17. The summed E-state index contributed by atoms with van der Waals surface area (Å²) >= 11 is 0. The Bertz CT molecular complexity index is 926. The summed E-state index contributed by atoms with van der Waals surface area (Å²) in [5.74, 6) is -0.355. The van der Waals surface area contributed by atoms with Gasteiger partial charge in [-0.3, -0.25) is 9.59 Å². The molecule has 1 unspecified atom stereocenters. The SMILES string of the molecule is CC(C)(C)Cc1noc2nc(C3CC3)cc(C(=O)N3CCOC(C(N)=O)C3)c12. The summed E-state index contributed by atoms with van der Waals surface area (Å²) in [6.07, 6.45) is 2.01. The highest BCUT2D eigenvalue weighted by atomic mass is 16.5. The first-order chi connectivity index (χ1) is 13.2. The number of morpholine rings is 1. The molecule has 2 aromatic heterocycles. The molecular formula is C20H26N4O4. The number of fused-ring (bicyclic) bond motifs is 1. The van der Waals surface area contributed by atoms with Gasteiger partial charge >= 0.3 is 0 Å². The highest BCUT2D eigenvalue weighted by Crippen LogP contribution is 2.41. The average molecular weight is 386 g/mol. The van der Waals surface area contributed by atoms with Crippen LogP contribution in [0.25, 0.3) is 11.1 Å². The minimum Gasteiger partial charge on any atom is -0.367 e. The fourth-order valence-corrected chi connectivity index (χ4v) is 3.59. The van der Waals surface area contributed by atoms with Gasteiger partial charge in [-0.1, -0.05) is 25.9 Å². The largest absolute Gasteiger partial charge is 0.367 e. The third kappa shape index (κ3) is 3.73. The number of aromatic nitrogens is 2. The number of nitrogens with two attached hydrogens (primary N) is 1. The highest BCUT2D eigenvalue weighted by Gasteiger charge is 2.33. The van der Waals surface area contributed by atoms with Crippen molar-refractivity contribution in [3.05, 3.63) is 23.0 Å². The Hall–Kier alpha value is -2.48. The molecule has 2 aliphatic rings. The van der Waals surface area contributed by atoms with Crippen molar-refractivity contribution in [2.45, 2.75) is 52.1 Å². The first-order valence-electron chi connectivity index (χ1n) is 9.72. The van der Waals surface area contributed by atoms with Gasteiger partial charge in [0.15, 0.2) is 6.10 Å². The maximum Gasteiger partial charge on any atom is 0.259 e. The number of carbonyl (C=O) groups excluding carboxylic acids is 2. The second-order valence-corrected chi connectivity index (χ2v) is 8.93. The Morgan fingerprint density at radius 3 is 2.71 bits per heavy atom. The molecule has 4 rings (SSSR count). The smallest absolute Gasteiger partial charge is 0.259 e. The van der Waals surface area contributed by atoms with Gasteiger partial charge in [-0.2, -0.15) is 0 Å². The molecule has 3 heterocycles. The van der Waals surface area contributed by atoms with Gasteiger partial charge < -0.3 is 19.9 Å². The van der Waals surface area contributed by atoms with Crippen LogP contribution in [0.15, 0.2) is 10.6 Å². The van der Waals surface area contributed by atoms with Crippen molar-refractivity contribution >= 4 is 22.9 Å². The number of ether oxygens (including phenoxy) is 1. The van der Waals surface area contributed by atoms with Crippen molar-refractivity contribution in [3.63, 3.8) is 0 Å². The average Bonchev–Trinajstić information content (AvgIpc) is 3.42. The zero-order chi connectivity index (χ0) is 20.1. The number of amides is 2. The van der Waals surface area contributed by atoms with E-state index in [1.807, 2.05) is 6.07 Å². The van der Waals surface area contributed by atoms with Gasteiger partial charge in [0.1, 0.15) is 0 Å². The van der Waals surface area contributed by atoms with Crippen molar-refractivity contribution in [1.29, 1.82) is 0 Å². The predicted molar refractivity (Wildman–Crippen MR) is 102 cm³/mol. The third-order valence-electron chi connectivity index (χ3n) is 5.13. The molecule has 2 N–H and O–H groups in total. The first-order valence-corrected chi connectivity index (χ1v) is 9.72. The van der Waals surface area contributed by atoms with Crippen LogP contribution < -0.4 is 5.73 Å². The van der Waals surface area contributed by atoms with Crippen LogP contribution in [0.5, 0.6) is 0 Å². The Balaban J connectivity index is 1.76. The molecule has 1 aliphatic carbocycles. The van der Waals surface area contributed by atoms with Crippen molar-refractivity contribution in [3.8, 4) is 0 Å². The normalized spacial score (nSPS) is 20.5. The van der Waals surface area contributed by atoms with Crippen molar-refractivity contribution in [2.75, 3.05) is 19.7 Å². The van der Waals surface area contributed by atoms with Gasteiger partial charge in [0.25, 0.3) is 11.6 Å². The molecule has 0 spiro atoms. The summed E-state index contributed by atoms with van der Waals surface area (Å²) in [4.78, 5) is 31.2. The van der Waals surface area contributed by atoms with Gasteiger partial charge in [-0.15, -0.1) is 0 Å². The number of pyridine rings is 1. The summed E-state index contributed by atoms with van der Waals surface area (Å²) in [5, 5.41) is 4.90. The molecule has 1 saturated carbocycles. The molecule has 150 valence electrons. The van der Waals surface area contributed by atoms with E-state index in [1.165, 1.54) is 0 Å². The molecule has 8 heteroatoms. The molecular weight excluding hydrogens is 360 g/mol. The Labute approximate surface area is 163 Å². The van der Waals surface area contributed by atoms with E-state index in [0.29, 0.717) is 35.5 Å². The van der Waals surface area contributed by atoms with Gasteiger partial charge in [0.2, 0.25) is 5.91 Å². The predicted octanol–water partition coefficient (Wildman–Crippen LogP) is 2.02. The lowest BCUT2D eigenvalue weighted by Gasteiger charge is -2.31. The second kappa shape index (κ2) is 6.84. The van der Waals surface area contributed by atoms with E-state index in [0.717, 1.165) is 24.2 Å². The van der Waals surface area contributed by atoms with Crippen LogP contribution >= 0.6 is 0 Å². The van der Waals surface area contributed by atoms with E-state index in [9.17, 15) is 9.59 Å². The van der Waals surface area contributed by atoms with Gasteiger partial charge in [-0.05, 0) is 30.7 Å². The minimum atomic E-state index is -0.783. The fraction of sp³-hybridized carbons (Fsp3) is 0.600. The monoisotopic (exact) mass is 386 g/mol. The van der Waals surface area contributed by atoms with E-state index >= 15 is 0 Å². The number of carbonyl (C=O) groups is 2. The van der Waals surface area contributed by atoms with Crippen molar-refractivity contribution < 1.29 is 18.8 Å². The molecule has 1 atom stereocenters. The Morgan fingerprint density at radius 1 is 1.32 bits per heavy atom. The molecule has 28 heavy (non-hydrogen) atoms. The molecule has 1 saturated heterocycles. The van der Waals surface area contributed by atoms with E-state index in [4.69, 9.17) is 15.0 Å². The molecule has 8 nitrogen and oxygen atoms in total. The Kier molecular flexibility index (Phi) is 4.61. The number of nitrogens with zero attached hydrogens (tertiary/aromatic N) is 3. The lowest BCUT2D eigenvalue weighted by atomic mass is 9.89. The van der Waals surface area contributed by atoms with Crippen LogP contribution in [0.3, 0.4) is 0 Å². The van der Waals surface area contributed by atoms with Crippen LogP contribution in [0.1, 0.15) is 61.3 Å². The fourth-order valence-electron chi connectivity index (χ4n) is 3.59. The number of primary amides is 1. The van der Waals surface area contributed by atoms with Gasteiger partial charge in [-0.25, -0.2) is 4.98 Å². The van der Waals surface area contributed by atoms with Crippen molar-refractivity contribution in [1.82, 2.24) is 15.0 Å². The van der Waals surface area contributed by atoms with Crippen molar-refractivity contribution in [2.24, 2.45) is 11.1 Å². The minimum absolute atomic E-state index is 0.0185. The maximum absolute atomic E-state index is 13.4. The molecule has 2 fully saturated rings. The van der Waals surface area contributed by atoms with Gasteiger partial charge in [0, 0.05) is 18.2 Å². The summed E-state index contributed by atoms with van der Waals surface area (Å²) in [5.41, 5.74) is 7.91. The third-order valence-corrected chi connectivity index (χ3v) is 5.13. The molecule has 2 amide bonds. The van der Waals surface area contributed by atoms with Crippen LogP contribution in [0.4, 0.5) is 0 Å². The van der Waals surface area contributed by atoms with E-state index in [1.54, 1.807) is 4.90 Å². The topological polar surface area (TPSA) is 112 Å². The number of hydrogen-bond donors (Lipinski definition) is 1. The van der Waals surface area contributed by atoms with E-state index in [2.05, 4.69) is 30.9 Å². The molecule has 0 radical (unpaired) electrons. The molecule has 2 aromatic rings. The van der Waals surface area contributed by atoms with Crippen LogP contribution in [0.2, 0.25) is 0 Å².